The predicted molar refractivity (Wildman–Crippen MR) is 134 cm³/mol. The first-order valence-corrected chi connectivity index (χ1v) is 12.1. The fourth-order valence-corrected chi connectivity index (χ4v) is 4.88. The van der Waals surface area contributed by atoms with Gasteiger partial charge in [-0.3, -0.25) is 4.79 Å². The molecule has 1 atom stereocenters. The van der Waals surface area contributed by atoms with E-state index in [1.165, 1.54) is 6.33 Å². The molecular formula is C26H30N6O3. The van der Waals surface area contributed by atoms with Crippen LogP contribution in [0.3, 0.4) is 0 Å². The number of methoxy groups -OCH3 is 1. The third-order valence-corrected chi connectivity index (χ3v) is 6.85. The number of rotatable bonds is 5. The van der Waals surface area contributed by atoms with Crippen LogP contribution in [0.1, 0.15) is 35.3 Å². The van der Waals surface area contributed by atoms with E-state index >= 15 is 0 Å². The average molecular weight is 475 g/mol. The monoisotopic (exact) mass is 474 g/mol. The topological polar surface area (TPSA) is 99.7 Å². The molecule has 5 rings (SSSR count). The normalized spacial score (nSPS) is 20.1. The summed E-state index contributed by atoms with van der Waals surface area (Å²) in [5.41, 5.74) is 2.30. The number of fused-ring (bicyclic) bond motifs is 1. The van der Waals surface area contributed by atoms with Crippen molar-refractivity contribution in [3.05, 3.63) is 66.2 Å². The molecule has 3 amide bonds. The Morgan fingerprint density at radius 2 is 2.00 bits per heavy atom. The molecule has 1 unspecified atom stereocenters. The SMILES string of the molecule is COc1ccc2c(c1)CCN(C1CCN(c3cc(C(=O)NC4C=CC=CC4)ncn3)CC1)C(=O)N2. The molecule has 0 bridgehead atoms. The molecule has 0 saturated carbocycles. The molecule has 1 saturated heterocycles. The lowest BCUT2D eigenvalue weighted by Crippen LogP contribution is -2.49. The zero-order chi connectivity index (χ0) is 24.2. The summed E-state index contributed by atoms with van der Waals surface area (Å²) in [6.45, 7) is 2.17. The lowest BCUT2D eigenvalue weighted by Gasteiger charge is -2.38. The smallest absolute Gasteiger partial charge is 0.322 e. The van der Waals surface area contributed by atoms with Gasteiger partial charge in [0.2, 0.25) is 0 Å². The molecule has 2 N–H and O–H groups in total. The van der Waals surface area contributed by atoms with Crippen LogP contribution in [0, 0.1) is 0 Å². The van der Waals surface area contributed by atoms with E-state index in [2.05, 4.69) is 25.5 Å². The van der Waals surface area contributed by atoms with Gasteiger partial charge in [-0.2, -0.15) is 0 Å². The van der Waals surface area contributed by atoms with Crippen molar-refractivity contribution < 1.29 is 14.3 Å². The van der Waals surface area contributed by atoms with Gasteiger partial charge in [0.25, 0.3) is 5.91 Å². The maximum absolute atomic E-state index is 13.0. The van der Waals surface area contributed by atoms with E-state index in [9.17, 15) is 9.59 Å². The van der Waals surface area contributed by atoms with Gasteiger partial charge in [0.1, 0.15) is 23.6 Å². The summed E-state index contributed by atoms with van der Waals surface area (Å²) in [6.07, 6.45) is 12.6. The Labute approximate surface area is 204 Å². The van der Waals surface area contributed by atoms with Gasteiger partial charge >= 0.3 is 6.03 Å². The first kappa shape index (κ1) is 22.9. The van der Waals surface area contributed by atoms with Crippen LogP contribution in [0.4, 0.5) is 16.3 Å². The number of anilines is 2. The molecule has 2 aromatic rings. The minimum Gasteiger partial charge on any atom is -0.497 e. The minimum absolute atomic E-state index is 0.0198. The molecule has 9 heteroatoms. The van der Waals surface area contributed by atoms with Crippen molar-refractivity contribution in [1.82, 2.24) is 20.2 Å². The van der Waals surface area contributed by atoms with Crippen LogP contribution < -0.4 is 20.3 Å². The first-order valence-electron chi connectivity index (χ1n) is 12.1. The van der Waals surface area contributed by atoms with Crippen LogP contribution >= 0.6 is 0 Å². The lowest BCUT2D eigenvalue weighted by molar-refractivity contribution is 0.0939. The van der Waals surface area contributed by atoms with Crippen molar-refractivity contribution in [2.75, 3.05) is 37.0 Å². The molecule has 182 valence electrons. The van der Waals surface area contributed by atoms with E-state index < -0.39 is 0 Å². The van der Waals surface area contributed by atoms with Crippen molar-refractivity contribution in [2.24, 2.45) is 0 Å². The van der Waals surface area contributed by atoms with Gasteiger partial charge in [-0.25, -0.2) is 14.8 Å². The number of urea groups is 1. The maximum atomic E-state index is 13.0. The standard InChI is InChI=1S/C26H30N6O3/c1-35-21-7-8-22-18(15-21)9-14-32(26(34)30-22)20-10-12-31(13-11-20)24-16-23(27-17-28-24)25(33)29-19-5-3-2-4-6-19/h2-5,7-8,15-17,19-20H,6,9-14H2,1H3,(H,29,33)(H,30,34). The Morgan fingerprint density at radius 3 is 2.77 bits per heavy atom. The van der Waals surface area contributed by atoms with E-state index in [1.54, 1.807) is 13.2 Å². The fraction of sp³-hybridized carbons (Fsp3) is 0.385. The average Bonchev–Trinajstić information content (AvgIpc) is 3.07. The third-order valence-electron chi connectivity index (χ3n) is 6.85. The van der Waals surface area contributed by atoms with Gasteiger partial charge in [0.15, 0.2) is 0 Å². The van der Waals surface area contributed by atoms with Crippen molar-refractivity contribution >= 4 is 23.4 Å². The Balaban J connectivity index is 1.19. The number of hydrogen-bond acceptors (Lipinski definition) is 6. The number of nitrogens with one attached hydrogen (secondary N) is 2. The largest absolute Gasteiger partial charge is 0.497 e. The summed E-state index contributed by atoms with van der Waals surface area (Å²) >= 11 is 0. The highest BCUT2D eigenvalue weighted by atomic mass is 16.5. The molecule has 2 aliphatic heterocycles. The number of allylic oxidation sites excluding steroid dienone is 2. The predicted octanol–water partition coefficient (Wildman–Crippen LogP) is 3.16. The van der Waals surface area contributed by atoms with Gasteiger partial charge in [-0.05, 0) is 49.4 Å². The van der Waals surface area contributed by atoms with Gasteiger partial charge in [0.05, 0.1) is 13.2 Å². The molecule has 3 heterocycles. The Morgan fingerprint density at radius 1 is 1.14 bits per heavy atom. The number of carbonyl (C=O) groups excluding carboxylic acids is 2. The summed E-state index contributed by atoms with van der Waals surface area (Å²) in [6, 6.07) is 7.59. The Bertz CT molecular complexity index is 1160. The highest BCUT2D eigenvalue weighted by Crippen LogP contribution is 2.28. The molecule has 9 nitrogen and oxygen atoms in total. The molecule has 3 aliphatic rings. The van der Waals surface area contributed by atoms with Gasteiger partial charge in [-0.1, -0.05) is 24.3 Å². The summed E-state index contributed by atoms with van der Waals surface area (Å²) in [5.74, 6) is 1.33. The van der Waals surface area contributed by atoms with Crippen LogP contribution in [0.2, 0.25) is 0 Å². The molecule has 0 spiro atoms. The number of piperidine rings is 1. The van der Waals surface area contributed by atoms with Crippen molar-refractivity contribution in [3.63, 3.8) is 0 Å². The van der Waals surface area contributed by atoms with Crippen LogP contribution in [-0.4, -0.2) is 65.6 Å². The van der Waals surface area contributed by atoms with Gasteiger partial charge in [-0.15, -0.1) is 0 Å². The summed E-state index contributed by atoms with van der Waals surface area (Å²) < 4.78 is 5.33. The van der Waals surface area contributed by atoms with Crippen LogP contribution in [-0.2, 0) is 6.42 Å². The second kappa shape index (κ2) is 10.2. The second-order valence-corrected chi connectivity index (χ2v) is 9.01. The van der Waals surface area contributed by atoms with Crippen LogP contribution in [0.25, 0.3) is 0 Å². The van der Waals surface area contributed by atoms with E-state index in [-0.39, 0.29) is 24.0 Å². The number of hydrogen-bond donors (Lipinski definition) is 2. The molecule has 1 aromatic carbocycles. The van der Waals surface area contributed by atoms with Gasteiger partial charge in [0, 0.05) is 37.4 Å². The third kappa shape index (κ3) is 5.13. The lowest BCUT2D eigenvalue weighted by atomic mass is 10.0. The van der Waals surface area contributed by atoms with E-state index in [0.29, 0.717) is 12.2 Å². The number of ether oxygens (including phenoxy) is 1. The molecule has 0 radical (unpaired) electrons. The number of benzene rings is 1. The molecular weight excluding hydrogens is 444 g/mol. The van der Waals surface area contributed by atoms with Crippen LogP contribution in [0.15, 0.2) is 54.9 Å². The van der Waals surface area contributed by atoms with Crippen molar-refractivity contribution in [2.45, 2.75) is 37.8 Å². The summed E-state index contributed by atoms with van der Waals surface area (Å²) in [7, 11) is 1.65. The highest BCUT2D eigenvalue weighted by molar-refractivity contribution is 5.93. The zero-order valence-corrected chi connectivity index (χ0v) is 19.8. The number of amides is 3. The Hall–Kier alpha value is -3.88. The van der Waals surface area contributed by atoms with Crippen molar-refractivity contribution in [1.29, 1.82) is 0 Å². The van der Waals surface area contributed by atoms with Crippen molar-refractivity contribution in [3.8, 4) is 5.75 Å². The molecule has 35 heavy (non-hydrogen) atoms. The number of aromatic nitrogens is 2. The van der Waals surface area contributed by atoms with Crippen LogP contribution in [0.5, 0.6) is 5.75 Å². The molecule has 1 fully saturated rings. The van der Waals surface area contributed by atoms with E-state index in [0.717, 1.165) is 61.6 Å². The maximum Gasteiger partial charge on any atom is 0.322 e. The zero-order valence-electron chi connectivity index (χ0n) is 19.8. The molecule has 1 aromatic heterocycles. The van der Waals surface area contributed by atoms with E-state index in [1.807, 2.05) is 47.4 Å². The number of nitrogens with zero attached hydrogens (tertiary/aromatic N) is 4. The first-order chi connectivity index (χ1) is 17.1. The number of carbonyl (C=O) groups is 2. The Kier molecular flexibility index (Phi) is 6.65. The quantitative estimate of drug-likeness (QED) is 0.691. The highest BCUT2D eigenvalue weighted by Gasteiger charge is 2.30. The molecule has 1 aliphatic carbocycles. The van der Waals surface area contributed by atoms with Gasteiger partial charge < -0.3 is 25.2 Å². The van der Waals surface area contributed by atoms with E-state index in [4.69, 9.17) is 4.74 Å². The summed E-state index contributed by atoms with van der Waals surface area (Å²) in [4.78, 5) is 38.3. The summed E-state index contributed by atoms with van der Waals surface area (Å²) in [5, 5.41) is 6.06. The fourth-order valence-electron chi connectivity index (χ4n) is 4.88. The second-order valence-electron chi connectivity index (χ2n) is 9.01. The minimum atomic E-state index is -0.203.